The number of aromatic nitrogens is 1. The Bertz CT molecular complexity index is 1400. The highest BCUT2D eigenvalue weighted by Crippen LogP contribution is 2.24. The summed E-state index contributed by atoms with van der Waals surface area (Å²) in [6.45, 7) is 3.29. The highest BCUT2D eigenvalue weighted by molar-refractivity contribution is 7.89. The number of amides is 1. The van der Waals surface area contributed by atoms with Gasteiger partial charge in [0.2, 0.25) is 10.0 Å². The highest BCUT2D eigenvalue weighted by atomic mass is 32.2. The number of hydrogen-bond acceptors (Lipinski definition) is 3. The standard InChI is InChI=1S/C24H23N3O3S/c1-17-6-7-20-16-23(25-22(20)14-17)24(28)26-10-12-27(13-11-26)31(29,30)21-9-8-18-4-2-3-5-19(18)15-21/h2-9,14-16,25H,10-13H2,1H3. The molecule has 1 aliphatic heterocycles. The summed E-state index contributed by atoms with van der Waals surface area (Å²) in [5.41, 5.74) is 2.59. The van der Waals surface area contributed by atoms with Crippen LogP contribution >= 0.6 is 0 Å². The fourth-order valence-electron chi connectivity index (χ4n) is 4.13. The van der Waals surface area contributed by atoms with Crippen LogP contribution in [0.15, 0.2) is 71.6 Å². The molecule has 1 aliphatic rings. The van der Waals surface area contributed by atoms with Crippen LogP contribution in [-0.2, 0) is 10.0 Å². The van der Waals surface area contributed by atoms with Crippen molar-refractivity contribution >= 4 is 37.6 Å². The SMILES string of the molecule is Cc1ccc2cc(C(=O)N3CCN(S(=O)(=O)c4ccc5ccccc5c4)CC3)[nH]c2c1. The van der Waals surface area contributed by atoms with Crippen LogP contribution in [0.2, 0.25) is 0 Å². The van der Waals surface area contributed by atoms with E-state index in [4.69, 9.17) is 0 Å². The van der Waals surface area contributed by atoms with Crippen LogP contribution in [0.5, 0.6) is 0 Å². The Labute approximate surface area is 181 Å². The van der Waals surface area contributed by atoms with Gasteiger partial charge in [-0.1, -0.05) is 42.5 Å². The summed E-state index contributed by atoms with van der Waals surface area (Å²) < 4.78 is 27.8. The van der Waals surface area contributed by atoms with Crippen LogP contribution in [0, 0.1) is 6.92 Å². The first-order chi connectivity index (χ1) is 14.9. The molecule has 2 heterocycles. The predicted molar refractivity (Wildman–Crippen MR) is 122 cm³/mol. The topological polar surface area (TPSA) is 73.5 Å². The summed E-state index contributed by atoms with van der Waals surface area (Å²) in [5.74, 6) is -0.100. The summed E-state index contributed by atoms with van der Waals surface area (Å²) in [6.07, 6.45) is 0. The number of nitrogens with one attached hydrogen (secondary N) is 1. The molecule has 3 aromatic carbocycles. The summed E-state index contributed by atoms with van der Waals surface area (Å²) in [6, 6.07) is 20.8. The molecule has 5 rings (SSSR count). The van der Waals surface area contributed by atoms with Crippen molar-refractivity contribution in [2.45, 2.75) is 11.8 Å². The number of H-pyrrole nitrogens is 1. The van der Waals surface area contributed by atoms with E-state index in [-0.39, 0.29) is 23.9 Å². The lowest BCUT2D eigenvalue weighted by molar-refractivity contribution is 0.0693. The molecule has 158 valence electrons. The molecule has 1 amide bonds. The maximum absolute atomic E-state index is 13.1. The maximum Gasteiger partial charge on any atom is 0.270 e. The van der Waals surface area contributed by atoms with E-state index in [9.17, 15) is 13.2 Å². The van der Waals surface area contributed by atoms with Crippen molar-refractivity contribution in [2.75, 3.05) is 26.2 Å². The van der Waals surface area contributed by atoms with E-state index < -0.39 is 10.0 Å². The van der Waals surface area contributed by atoms with E-state index in [1.54, 1.807) is 17.0 Å². The molecule has 0 saturated carbocycles. The Morgan fingerprint density at radius 3 is 2.32 bits per heavy atom. The Balaban J connectivity index is 1.32. The van der Waals surface area contributed by atoms with Gasteiger partial charge in [0.25, 0.3) is 5.91 Å². The van der Waals surface area contributed by atoms with Crippen LogP contribution in [-0.4, -0.2) is 54.7 Å². The largest absolute Gasteiger partial charge is 0.351 e. The molecular formula is C24H23N3O3S. The number of nitrogens with zero attached hydrogens (tertiary/aromatic N) is 2. The van der Waals surface area contributed by atoms with Gasteiger partial charge in [-0.2, -0.15) is 4.31 Å². The molecule has 6 nitrogen and oxygen atoms in total. The molecule has 1 aromatic heterocycles. The summed E-state index contributed by atoms with van der Waals surface area (Å²) in [5, 5.41) is 2.89. The number of aryl methyl sites for hydroxylation is 1. The molecule has 0 radical (unpaired) electrons. The zero-order valence-corrected chi connectivity index (χ0v) is 18.0. The predicted octanol–water partition coefficient (Wildman–Crippen LogP) is 3.78. The molecule has 1 saturated heterocycles. The van der Waals surface area contributed by atoms with Gasteiger partial charge in [0.1, 0.15) is 5.69 Å². The number of carbonyl (C=O) groups is 1. The van der Waals surface area contributed by atoms with Gasteiger partial charge in [-0.15, -0.1) is 0 Å². The minimum Gasteiger partial charge on any atom is -0.351 e. The second-order valence-corrected chi connectivity index (χ2v) is 9.92. The van der Waals surface area contributed by atoms with Gasteiger partial charge >= 0.3 is 0 Å². The fourth-order valence-corrected chi connectivity index (χ4v) is 5.59. The molecule has 0 atom stereocenters. The molecule has 0 unspecified atom stereocenters. The molecule has 0 bridgehead atoms. The van der Waals surface area contributed by atoms with E-state index in [0.29, 0.717) is 18.8 Å². The van der Waals surface area contributed by atoms with Crippen LogP contribution < -0.4 is 0 Å². The first-order valence-electron chi connectivity index (χ1n) is 10.3. The summed E-state index contributed by atoms with van der Waals surface area (Å²) >= 11 is 0. The molecule has 1 N–H and O–H groups in total. The molecule has 0 aliphatic carbocycles. The number of carbonyl (C=O) groups excluding carboxylic acids is 1. The van der Waals surface area contributed by atoms with Crippen molar-refractivity contribution in [1.29, 1.82) is 0 Å². The van der Waals surface area contributed by atoms with Gasteiger partial charge in [0.05, 0.1) is 4.90 Å². The lowest BCUT2D eigenvalue weighted by atomic mass is 10.1. The molecule has 4 aromatic rings. The zero-order chi connectivity index (χ0) is 21.6. The van der Waals surface area contributed by atoms with Crippen molar-refractivity contribution in [2.24, 2.45) is 0 Å². The maximum atomic E-state index is 13.1. The minimum absolute atomic E-state index is 0.100. The van der Waals surface area contributed by atoms with E-state index in [1.807, 2.05) is 61.5 Å². The number of piperazine rings is 1. The number of rotatable bonds is 3. The highest BCUT2D eigenvalue weighted by Gasteiger charge is 2.31. The second-order valence-electron chi connectivity index (χ2n) is 7.98. The van der Waals surface area contributed by atoms with Crippen molar-refractivity contribution in [3.63, 3.8) is 0 Å². The van der Waals surface area contributed by atoms with Crippen molar-refractivity contribution in [1.82, 2.24) is 14.2 Å². The monoisotopic (exact) mass is 433 g/mol. The van der Waals surface area contributed by atoms with E-state index in [1.165, 1.54) is 4.31 Å². The summed E-state index contributed by atoms with van der Waals surface area (Å²) in [4.78, 5) is 18.1. The molecule has 1 fully saturated rings. The third-order valence-corrected chi connectivity index (χ3v) is 7.79. The van der Waals surface area contributed by atoms with Gasteiger partial charge in [-0.25, -0.2) is 8.42 Å². The summed E-state index contributed by atoms with van der Waals surface area (Å²) in [7, 11) is -3.60. The minimum atomic E-state index is -3.60. The number of benzene rings is 3. The average Bonchev–Trinajstić information content (AvgIpc) is 3.21. The van der Waals surface area contributed by atoms with Gasteiger partial charge in [0, 0.05) is 37.1 Å². The van der Waals surface area contributed by atoms with Crippen LogP contribution in [0.1, 0.15) is 16.1 Å². The van der Waals surface area contributed by atoms with Gasteiger partial charge in [-0.05, 0) is 47.5 Å². The molecule has 31 heavy (non-hydrogen) atoms. The third-order valence-electron chi connectivity index (χ3n) is 5.89. The third kappa shape index (κ3) is 3.60. The van der Waals surface area contributed by atoms with Crippen molar-refractivity contribution in [3.8, 4) is 0 Å². The van der Waals surface area contributed by atoms with E-state index >= 15 is 0 Å². The number of fused-ring (bicyclic) bond motifs is 2. The Kier molecular flexibility index (Phi) is 4.79. The lowest BCUT2D eigenvalue weighted by Crippen LogP contribution is -2.50. The second kappa shape index (κ2) is 7.51. The van der Waals surface area contributed by atoms with Gasteiger partial charge < -0.3 is 9.88 Å². The quantitative estimate of drug-likeness (QED) is 0.534. The van der Waals surface area contributed by atoms with E-state index in [2.05, 4.69) is 4.98 Å². The number of hydrogen-bond donors (Lipinski definition) is 1. The van der Waals surface area contributed by atoms with E-state index in [0.717, 1.165) is 27.2 Å². The first kappa shape index (κ1) is 19.8. The van der Waals surface area contributed by atoms with Crippen LogP contribution in [0.3, 0.4) is 0 Å². The normalized spacial score (nSPS) is 15.6. The molecular weight excluding hydrogens is 410 g/mol. The first-order valence-corrected chi connectivity index (χ1v) is 11.7. The Morgan fingerprint density at radius 1 is 0.839 bits per heavy atom. The number of aromatic amines is 1. The lowest BCUT2D eigenvalue weighted by Gasteiger charge is -2.33. The molecule has 7 heteroatoms. The molecule has 0 spiro atoms. The van der Waals surface area contributed by atoms with Crippen LogP contribution in [0.25, 0.3) is 21.7 Å². The smallest absolute Gasteiger partial charge is 0.270 e. The fraction of sp³-hybridized carbons (Fsp3) is 0.208. The number of sulfonamides is 1. The van der Waals surface area contributed by atoms with Crippen LogP contribution in [0.4, 0.5) is 0 Å². The van der Waals surface area contributed by atoms with Crippen molar-refractivity contribution < 1.29 is 13.2 Å². The van der Waals surface area contributed by atoms with Gasteiger partial charge in [0.15, 0.2) is 0 Å². The Morgan fingerprint density at radius 2 is 1.55 bits per heavy atom. The Hall–Kier alpha value is -3.16. The van der Waals surface area contributed by atoms with Gasteiger partial charge in [-0.3, -0.25) is 4.79 Å². The average molecular weight is 434 g/mol. The van der Waals surface area contributed by atoms with Crippen molar-refractivity contribution in [3.05, 3.63) is 78.0 Å². The zero-order valence-electron chi connectivity index (χ0n) is 17.2.